The van der Waals surface area contributed by atoms with Gasteiger partial charge in [-0.05, 0) is 59.5 Å². The molecule has 0 amide bonds. The van der Waals surface area contributed by atoms with Crippen LogP contribution in [0.2, 0.25) is 0 Å². The van der Waals surface area contributed by atoms with E-state index in [2.05, 4.69) is 116 Å². The van der Waals surface area contributed by atoms with Gasteiger partial charge in [0.1, 0.15) is 11.2 Å². The third-order valence-corrected chi connectivity index (χ3v) is 8.13. The maximum absolute atomic E-state index is 6.69. The first-order chi connectivity index (χ1) is 21.7. The molecule has 0 aliphatic carbocycles. The average Bonchev–Trinajstić information content (AvgIpc) is 3.47. The van der Waals surface area contributed by atoms with Crippen molar-refractivity contribution in [1.82, 2.24) is 9.97 Å². The van der Waals surface area contributed by atoms with Gasteiger partial charge < -0.3 is 4.42 Å². The molecule has 0 atom stereocenters. The molecule has 8 rings (SSSR count). The van der Waals surface area contributed by atoms with Crippen molar-refractivity contribution < 1.29 is 4.42 Å². The first-order valence-corrected chi connectivity index (χ1v) is 14.8. The molecule has 6 aromatic carbocycles. The summed E-state index contributed by atoms with van der Waals surface area (Å²) in [4.78, 5) is 10.1. The highest BCUT2D eigenvalue weighted by atomic mass is 16.3. The Morgan fingerprint density at radius 1 is 0.455 bits per heavy atom. The maximum Gasteiger partial charge on any atom is 0.160 e. The predicted octanol–water partition coefficient (Wildman–Crippen LogP) is 11.0. The molecule has 0 aliphatic rings. The zero-order valence-corrected chi connectivity index (χ0v) is 24.2. The van der Waals surface area contributed by atoms with Gasteiger partial charge in [0.15, 0.2) is 5.82 Å². The van der Waals surface area contributed by atoms with Gasteiger partial charge in [-0.2, -0.15) is 0 Å². The summed E-state index contributed by atoms with van der Waals surface area (Å²) in [6, 6.07) is 52.4. The Kier molecular flexibility index (Phi) is 6.35. The Bertz CT molecular complexity index is 2210. The summed E-state index contributed by atoms with van der Waals surface area (Å²) in [5.41, 5.74) is 12.3. The Labute approximate surface area is 256 Å². The highest BCUT2D eigenvalue weighted by molar-refractivity contribution is 6.15. The second kappa shape index (κ2) is 10.8. The molecule has 44 heavy (non-hydrogen) atoms. The molecule has 0 radical (unpaired) electrons. The van der Waals surface area contributed by atoms with E-state index in [1.165, 1.54) is 16.7 Å². The molecule has 3 nitrogen and oxygen atoms in total. The van der Waals surface area contributed by atoms with Gasteiger partial charge in [-0.25, -0.2) is 9.97 Å². The molecule has 0 unspecified atom stereocenters. The average molecular weight is 565 g/mol. The van der Waals surface area contributed by atoms with Gasteiger partial charge in [-0.15, -0.1) is 0 Å². The highest BCUT2D eigenvalue weighted by Gasteiger charge is 2.19. The number of hydrogen-bond acceptors (Lipinski definition) is 3. The Morgan fingerprint density at radius 3 is 1.82 bits per heavy atom. The van der Waals surface area contributed by atoms with E-state index in [1.807, 2.05) is 42.5 Å². The van der Waals surface area contributed by atoms with Crippen molar-refractivity contribution >= 4 is 21.9 Å². The first-order valence-electron chi connectivity index (χ1n) is 14.8. The summed E-state index contributed by atoms with van der Waals surface area (Å²) in [7, 11) is 0. The predicted molar refractivity (Wildman–Crippen MR) is 181 cm³/mol. The number of nitrogens with zero attached hydrogens (tertiary/aromatic N) is 2. The van der Waals surface area contributed by atoms with Crippen molar-refractivity contribution in [3.63, 3.8) is 0 Å². The monoisotopic (exact) mass is 564 g/mol. The number of hydrogen-bond donors (Lipinski definition) is 0. The lowest BCUT2D eigenvalue weighted by molar-refractivity contribution is 0.670. The largest absolute Gasteiger partial charge is 0.455 e. The van der Waals surface area contributed by atoms with Gasteiger partial charge in [0.2, 0.25) is 0 Å². The Hall–Kier alpha value is -5.80. The molecule has 0 saturated heterocycles. The number of benzene rings is 6. The second-order valence-electron chi connectivity index (χ2n) is 11.1. The van der Waals surface area contributed by atoms with E-state index in [4.69, 9.17) is 14.4 Å². The number of aromatic nitrogens is 2. The summed E-state index contributed by atoms with van der Waals surface area (Å²) in [6.07, 6.45) is 0. The summed E-state index contributed by atoms with van der Waals surface area (Å²) < 4.78 is 6.69. The van der Waals surface area contributed by atoms with E-state index in [0.717, 1.165) is 61.1 Å². The number of rotatable bonds is 5. The topological polar surface area (TPSA) is 38.9 Å². The lowest BCUT2D eigenvalue weighted by Gasteiger charge is -2.10. The molecule has 0 N–H and O–H groups in total. The van der Waals surface area contributed by atoms with Crippen LogP contribution in [0.3, 0.4) is 0 Å². The van der Waals surface area contributed by atoms with Crippen molar-refractivity contribution in [2.75, 3.05) is 0 Å². The van der Waals surface area contributed by atoms with Gasteiger partial charge in [0.25, 0.3) is 0 Å². The fraction of sp³-hybridized carbons (Fsp3) is 0.0244. The van der Waals surface area contributed by atoms with Crippen LogP contribution < -0.4 is 0 Å². The minimum Gasteiger partial charge on any atom is -0.455 e. The maximum atomic E-state index is 6.69. The summed E-state index contributed by atoms with van der Waals surface area (Å²) in [5, 5.41) is 2.14. The lowest BCUT2D eigenvalue weighted by Crippen LogP contribution is -1.96. The van der Waals surface area contributed by atoms with Crippen LogP contribution in [0.1, 0.15) is 5.56 Å². The van der Waals surface area contributed by atoms with Crippen molar-refractivity contribution in [2.45, 2.75) is 6.92 Å². The number of furan rings is 1. The fourth-order valence-electron chi connectivity index (χ4n) is 6.06. The molecule has 0 saturated carbocycles. The molecule has 3 heteroatoms. The van der Waals surface area contributed by atoms with E-state index in [1.54, 1.807) is 0 Å². The molecular weight excluding hydrogens is 536 g/mol. The zero-order chi connectivity index (χ0) is 29.5. The number of aryl methyl sites for hydroxylation is 1. The quantitative estimate of drug-likeness (QED) is 0.209. The van der Waals surface area contributed by atoms with Crippen LogP contribution in [-0.4, -0.2) is 9.97 Å². The van der Waals surface area contributed by atoms with E-state index < -0.39 is 0 Å². The molecule has 0 bridgehead atoms. The lowest BCUT2D eigenvalue weighted by atomic mass is 9.95. The zero-order valence-electron chi connectivity index (χ0n) is 24.2. The van der Waals surface area contributed by atoms with E-state index in [9.17, 15) is 0 Å². The fourth-order valence-corrected chi connectivity index (χ4v) is 6.06. The minimum absolute atomic E-state index is 0.696. The Morgan fingerprint density at radius 2 is 1.07 bits per heavy atom. The molecular formula is C41H28N2O. The van der Waals surface area contributed by atoms with Gasteiger partial charge in [-0.1, -0.05) is 121 Å². The summed E-state index contributed by atoms with van der Waals surface area (Å²) >= 11 is 0. The van der Waals surface area contributed by atoms with E-state index >= 15 is 0 Å². The van der Waals surface area contributed by atoms with Gasteiger partial charge in [-0.3, -0.25) is 0 Å². The highest BCUT2D eigenvalue weighted by Crippen LogP contribution is 2.42. The van der Waals surface area contributed by atoms with Crippen molar-refractivity contribution in [2.24, 2.45) is 0 Å². The van der Waals surface area contributed by atoms with E-state index in [-0.39, 0.29) is 0 Å². The van der Waals surface area contributed by atoms with Crippen LogP contribution in [0, 0.1) is 6.92 Å². The van der Waals surface area contributed by atoms with Crippen molar-refractivity contribution in [3.8, 4) is 56.2 Å². The SMILES string of the molecule is Cc1cc(-c2cccc(-c3ccccc3)c2)c2oc3cccc(-c4cc(-c5ccccc5)nc(-c5ccccc5)n4)c3c2c1. The summed E-state index contributed by atoms with van der Waals surface area (Å²) in [5.74, 6) is 0.696. The van der Waals surface area contributed by atoms with Crippen LogP contribution in [-0.2, 0) is 0 Å². The second-order valence-corrected chi connectivity index (χ2v) is 11.1. The minimum atomic E-state index is 0.696. The van der Waals surface area contributed by atoms with Gasteiger partial charge >= 0.3 is 0 Å². The first kappa shape index (κ1) is 25.9. The van der Waals surface area contributed by atoms with Crippen molar-refractivity contribution in [3.05, 3.63) is 157 Å². The smallest absolute Gasteiger partial charge is 0.160 e. The van der Waals surface area contributed by atoms with Crippen molar-refractivity contribution in [1.29, 1.82) is 0 Å². The van der Waals surface area contributed by atoms with Crippen LogP contribution in [0.25, 0.3) is 78.1 Å². The molecule has 2 heterocycles. The van der Waals surface area contributed by atoms with Crippen LogP contribution >= 0.6 is 0 Å². The third kappa shape index (κ3) is 4.65. The third-order valence-electron chi connectivity index (χ3n) is 8.13. The normalized spacial score (nSPS) is 11.3. The standard InChI is InChI=1S/C41H28N2O/c1-27-23-34(32-20-11-19-31(25-32)28-13-5-2-6-14-28)40-35(24-27)39-33(21-12-22-38(39)44-40)37-26-36(29-15-7-3-8-16-29)42-41(43-37)30-17-9-4-10-18-30/h2-26H,1H3. The molecule has 8 aromatic rings. The molecule has 2 aromatic heterocycles. The number of fused-ring (bicyclic) bond motifs is 3. The van der Waals surface area contributed by atoms with Crippen LogP contribution in [0.4, 0.5) is 0 Å². The molecule has 0 spiro atoms. The van der Waals surface area contributed by atoms with Gasteiger partial charge in [0.05, 0.1) is 11.4 Å². The molecule has 0 fully saturated rings. The molecule has 208 valence electrons. The van der Waals surface area contributed by atoms with Gasteiger partial charge in [0, 0.05) is 33.0 Å². The Balaban J connectivity index is 1.35. The van der Waals surface area contributed by atoms with Crippen LogP contribution in [0.15, 0.2) is 156 Å². The summed E-state index contributed by atoms with van der Waals surface area (Å²) in [6.45, 7) is 2.15. The molecule has 0 aliphatic heterocycles. The van der Waals surface area contributed by atoms with Crippen LogP contribution in [0.5, 0.6) is 0 Å². The van der Waals surface area contributed by atoms with E-state index in [0.29, 0.717) is 5.82 Å².